The summed E-state index contributed by atoms with van der Waals surface area (Å²) in [7, 11) is 3.61. The number of fused-ring (bicyclic) bond motifs is 2. The van der Waals surface area contributed by atoms with Gasteiger partial charge in [0.2, 0.25) is 6.10 Å². The summed E-state index contributed by atoms with van der Waals surface area (Å²) in [5.74, 6) is 0.617. The van der Waals surface area contributed by atoms with Crippen LogP contribution in [0.3, 0.4) is 0 Å². The van der Waals surface area contributed by atoms with Crippen molar-refractivity contribution in [2.24, 2.45) is 16.7 Å². The standard InChI is InChI=1S/C13H24O3Si/c1-12(2)9-6-7-13(12,3)10(8-9)16-17-11(14-4)15-5/h9-11H,6-8H2,1-5H3. The zero-order valence-electron chi connectivity index (χ0n) is 11.6. The Morgan fingerprint density at radius 3 is 2.29 bits per heavy atom. The molecule has 3 nitrogen and oxygen atoms in total. The first-order valence-corrected chi connectivity index (χ1v) is 7.41. The highest BCUT2D eigenvalue weighted by molar-refractivity contribution is 6.18. The molecular formula is C13H24O3Si. The van der Waals surface area contributed by atoms with Gasteiger partial charge in [-0.3, -0.25) is 0 Å². The Balaban J connectivity index is 2.10. The van der Waals surface area contributed by atoms with E-state index in [2.05, 4.69) is 20.8 Å². The largest absolute Gasteiger partial charge is 0.553 e. The van der Waals surface area contributed by atoms with Crippen molar-refractivity contribution in [1.82, 2.24) is 0 Å². The van der Waals surface area contributed by atoms with Gasteiger partial charge in [0.05, 0.1) is 5.41 Å². The van der Waals surface area contributed by atoms with E-state index in [-0.39, 0.29) is 15.3 Å². The van der Waals surface area contributed by atoms with Gasteiger partial charge in [-0.25, -0.2) is 0 Å². The topological polar surface area (TPSA) is 29.8 Å². The van der Waals surface area contributed by atoms with Crippen LogP contribution in [-0.2, 0) is 13.6 Å². The quantitative estimate of drug-likeness (QED) is 0.439. The second-order valence-corrected chi connectivity index (χ2v) is 7.08. The van der Waals surface area contributed by atoms with E-state index < -0.39 is 0 Å². The van der Waals surface area contributed by atoms with Crippen molar-refractivity contribution < 1.29 is 13.6 Å². The molecule has 0 N–H and O–H groups in total. The van der Waals surface area contributed by atoms with Crippen LogP contribution in [0, 0.1) is 16.7 Å². The van der Waals surface area contributed by atoms with Crippen LogP contribution in [0.25, 0.3) is 0 Å². The molecule has 98 valence electrons. The summed E-state index contributed by atoms with van der Waals surface area (Å²) in [4.78, 5) is 0. The van der Waals surface area contributed by atoms with Gasteiger partial charge in [0.25, 0.3) is 0 Å². The summed E-state index contributed by atoms with van der Waals surface area (Å²) in [6.45, 7) is 7.20. The van der Waals surface area contributed by atoms with Crippen molar-refractivity contribution in [2.75, 3.05) is 14.2 Å². The Hall–Kier alpha value is -0.0631. The maximum Gasteiger partial charge on any atom is 0.206 e. The van der Waals surface area contributed by atoms with E-state index in [1.165, 1.54) is 19.3 Å². The lowest BCUT2D eigenvalue weighted by Crippen LogP contribution is -2.36. The summed E-state index contributed by atoms with van der Waals surface area (Å²) in [5, 5.41) is 0. The average molecular weight is 256 g/mol. The highest BCUT2D eigenvalue weighted by atomic mass is 28.2. The van der Waals surface area contributed by atoms with Gasteiger partial charge in [-0.05, 0) is 24.2 Å². The Morgan fingerprint density at radius 2 is 1.88 bits per heavy atom. The summed E-state index contributed by atoms with van der Waals surface area (Å²) in [6.07, 6.45) is 4.24. The zero-order chi connectivity index (χ0) is 12.7. The molecule has 3 atom stereocenters. The van der Waals surface area contributed by atoms with Crippen LogP contribution in [0.15, 0.2) is 0 Å². The van der Waals surface area contributed by atoms with Crippen LogP contribution in [0.5, 0.6) is 0 Å². The van der Waals surface area contributed by atoms with Crippen molar-refractivity contribution in [2.45, 2.75) is 52.1 Å². The average Bonchev–Trinajstić information content (AvgIpc) is 2.63. The van der Waals surface area contributed by atoms with Gasteiger partial charge in [-0.1, -0.05) is 20.8 Å². The first-order chi connectivity index (χ1) is 7.95. The number of rotatable bonds is 4. The summed E-state index contributed by atoms with van der Waals surface area (Å²) in [5.41, 5.74) is 0.745. The van der Waals surface area contributed by atoms with Crippen LogP contribution in [0.4, 0.5) is 0 Å². The molecule has 0 aromatic rings. The maximum atomic E-state index is 6.10. The van der Waals surface area contributed by atoms with Crippen LogP contribution in [0.2, 0.25) is 0 Å². The molecule has 0 aromatic heterocycles. The van der Waals surface area contributed by atoms with Gasteiger partial charge in [0.15, 0.2) is 9.41 Å². The normalized spacial score (nSPS) is 39.6. The summed E-state index contributed by atoms with van der Waals surface area (Å²) in [6, 6.07) is 0. The maximum absolute atomic E-state index is 6.10. The number of methoxy groups -OCH3 is 2. The van der Waals surface area contributed by atoms with Gasteiger partial charge in [-0.2, -0.15) is 0 Å². The molecule has 2 saturated carbocycles. The Labute approximate surface area is 106 Å². The minimum atomic E-state index is -0.208. The summed E-state index contributed by atoms with van der Waals surface area (Å²) >= 11 is 0. The van der Waals surface area contributed by atoms with E-state index in [0.717, 1.165) is 5.92 Å². The third-order valence-electron chi connectivity index (χ3n) is 5.45. The van der Waals surface area contributed by atoms with Gasteiger partial charge in [0, 0.05) is 20.6 Å². The smallest absolute Gasteiger partial charge is 0.206 e. The van der Waals surface area contributed by atoms with Crippen LogP contribution in [-0.4, -0.2) is 35.6 Å². The molecule has 0 saturated heterocycles. The molecule has 2 aliphatic rings. The van der Waals surface area contributed by atoms with E-state index in [4.69, 9.17) is 13.6 Å². The molecule has 3 unspecified atom stereocenters. The Morgan fingerprint density at radius 1 is 1.24 bits per heavy atom. The van der Waals surface area contributed by atoms with Crippen LogP contribution in [0.1, 0.15) is 40.0 Å². The molecule has 2 rings (SSSR count). The van der Waals surface area contributed by atoms with Crippen LogP contribution < -0.4 is 0 Å². The molecule has 2 aliphatic carbocycles. The molecule has 17 heavy (non-hydrogen) atoms. The number of hydrogen-bond acceptors (Lipinski definition) is 2. The van der Waals surface area contributed by atoms with Crippen molar-refractivity contribution in [1.29, 1.82) is 0 Å². The number of ether oxygens (including phenoxy) is 2. The van der Waals surface area contributed by atoms with Gasteiger partial charge < -0.3 is 13.6 Å². The minimum absolute atomic E-state index is 0.208. The molecule has 4 heteroatoms. The molecule has 0 heterocycles. The van der Waals surface area contributed by atoms with Gasteiger partial charge in [0.1, 0.15) is 5.91 Å². The van der Waals surface area contributed by atoms with Gasteiger partial charge >= 0.3 is 0 Å². The Bertz CT molecular complexity index is 312. The van der Waals surface area contributed by atoms with E-state index in [1.807, 2.05) is 0 Å². The lowest BCUT2D eigenvalue weighted by Gasteiger charge is -2.34. The van der Waals surface area contributed by atoms with E-state index >= 15 is 0 Å². The van der Waals surface area contributed by atoms with E-state index in [1.54, 1.807) is 14.2 Å². The molecule has 0 aromatic carbocycles. The monoisotopic (exact) mass is 256 g/mol. The number of hydrogen-bond donors (Lipinski definition) is 0. The van der Waals surface area contributed by atoms with Crippen LogP contribution >= 0.6 is 0 Å². The van der Waals surface area contributed by atoms with E-state index in [9.17, 15) is 0 Å². The first kappa shape index (κ1) is 13.4. The second-order valence-electron chi connectivity index (χ2n) is 6.14. The predicted octanol–water partition coefficient (Wildman–Crippen LogP) is 2.36. The van der Waals surface area contributed by atoms with Crippen molar-refractivity contribution >= 4 is 9.41 Å². The molecule has 2 bridgehead atoms. The third-order valence-corrected chi connectivity index (χ3v) is 6.53. The summed E-state index contributed by atoms with van der Waals surface area (Å²) < 4.78 is 16.5. The zero-order valence-corrected chi connectivity index (χ0v) is 12.6. The fourth-order valence-electron chi connectivity index (χ4n) is 3.64. The predicted molar refractivity (Wildman–Crippen MR) is 67.3 cm³/mol. The Kier molecular flexibility index (Phi) is 3.58. The lowest BCUT2D eigenvalue weighted by molar-refractivity contribution is -0.0974. The third kappa shape index (κ3) is 1.94. The lowest BCUT2D eigenvalue weighted by atomic mass is 9.70. The highest BCUT2D eigenvalue weighted by Gasteiger charge is 2.64. The highest BCUT2D eigenvalue weighted by Crippen LogP contribution is 2.65. The fraction of sp³-hybridized carbons (Fsp3) is 1.00. The van der Waals surface area contributed by atoms with Crippen molar-refractivity contribution in [3.05, 3.63) is 0 Å². The van der Waals surface area contributed by atoms with Gasteiger partial charge in [-0.15, -0.1) is 0 Å². The molecule has 0 amide bonds. The van der Waals surface area contributed by atoms with Crippen molar-refractivity contribution in [3.63, 3.8) is 0 Å². The van der Waals surface area contributed by atoms with E-state index in [0.29, 0.717) is 16.9 Å². The van der Waals surface area contributed by atoms with Crippen molar-refractivity contribution in [3.8, 4) is 0 Å². The second kappa shape index (κ2) is 4.56. The molecule has 0 spiro atoms. The molecule has 0 aliphatic heterocycles. The molecule has 2 fully saturated rings. The molecular weight excluding hydrogens is 232 g/mol. The molecule has 0 radical (unpaired) electrons. The fourth-order valence-corrected chi connectivity index (χ4v) is 4.46. The first-order valence-electron chi connectivity index (χ1n) is 6.42. The minimum Gasteiger partial charge on any atom is -0.553 e. The SMILES string of the molecule is COC(OC)[Si-]=[O+]C1CC2CCC1(C)C2(C)C.